The molecular formula is C15H13BrClFO. The molecule has 0 N–H and O–H groups in total. The Kier molecular flexibility index (Phi) is 4.83. The van der Waals surface area contributed by atoms with E-state index in [1.54, 1.807) is 13.2 Å². The lowest BCUT2D eigenvalue weighted by atomic mass is 10.0. The van der Waals surface area contributed by atoms with E-state index in [0.29, 0.717) is 10.9 Å². The summed E-state index contributed by atoms with van der Waals surface area (Å²) < 4.78 is 19.0. The van der Waals surface area contributed by atoms with E-state index in [1.165, 1.54) is 6.07 Å². The molecule has 0 spiro atoms. The molecule has 100 valence electrons. The molecule has 1 atom stereocenters. The lowest BCUT2D eigenvalue weighted by Gasteiger charge is -2.12. The van der Waals surface area contributed by atoms with Crippen LogP contribution in [0, 0.1) is 5.82 Å². The van der Waals surface area contributed by atoms with Gasteiger partial charge in [0.15, 0.2) is 0 Å². The highest BCUT2D eigenvalue weighted by molar-refractivity contribution is 9.10. The van der Waals surface area contributed by atoms with Crippen molar-refractivity contribution >= 4 is 27.5 Å². The molecular weight excluding hydrogens is 331 g/mol. The molecule has 0 aliphatic rings. The summed E-state index contributed by atoms with van der Waals surface area (Å²) in [5.41, 5.74) is 1.84. The van der Waals surface area contributed by atoms with Gasteiger partial charge in [0.25, 0.3) is 0 Å². The Balaban J connectivity index is 2.15. The molecule has 2 aromatic rings. The molecule has 1 unspecified atom stereocenters. The van der Waals surface area contributed by atoms with E-state index in [9.17, 15) is 4.39 Å². The number of ether oxygens (including phenoxy) is 1. The van der Waals surface area contributed by atoms with Crippen molar-refractivity contribution in [1.82, 2.24) is 0 Å². The fourth-order valence-corrected chi connectivity index (χ4v) is 2.87. The lowest BCUT2D eigenvalue weighted by molar-refractivity contribution is 0.414. The van der Waals surface area contributed by atoms with Gasteiger partial charge in [0.1, 0.15) is 11.6 Å². The molecule has 0 heterocycles. The number of methoxy groups -OCH3 is 1. The minimum atomic E-state index is -0.294. The van der Waals surface area contributed by atoms with Crippen molar-refractivity contribution in [2.75, 3.05) is 7.11 Å². The third kappa shape index (κ3) is 3.48. The molecule has 4 heteroatoms. The number of rotatable bonds is 4. The second-order valence-electron chi connectivity index (χ2n) is 4.16. The van der Waals surface area contributed by atoms with Crippen molar-refractivity contribution in [1.29, 1.82) is 0 Å². The number of benzene rings is 2. The first-order valence-electron chi connectivity index (χ1n) is 5.82. The van der Waals surface area contributed by atoms with Gasteiger partial charge in [-0.05, 0) is 51.7 Å². The monoisotopic (exact) mass is 342 g/mol. The summed E-state index contributed by atoms with van der Waals surface area (Å²) in [6.45, 7) is 0. The topological polar surface area (TPSA) is 9.23 Å². The van der Waals surface area contributed by atoms with Crippen molar-refractivity contribution in [2.24, 2.45) is 0 Å². The number of halogens is 3. The average molecular weight is 344 g/mol. The lowest BCUT2D eigenvalue weighted by Crippen LogP contribution is -1.98. The Morgan fingerprint density at radius 1 is 1.21 bits per heavy atom. The second-order valence-corrected chi connectivity index (χ2v) is 5.48. The van der Waals surface area contributed by atoms with E-state index >= 15 is 0 Å². The average Bonchev–Trinajstić information content (AvgIpc) is 2.42. The van der Waals surface area contributed by atoms with Gasteiger partial charge < -0.3 is 4.74 Å². The van der Waals surface area contributed by atoms with Crippen molar-refractivity contribution in [3.63, 3.8) is 0 Å². The molecule has 2 aromatic carbocycles. The molecule has 2 rings (SSSR count). The van der Waals surface area contributed by atoms with E-state index in [-0.39, 0.29) is 11.2 Å². The standard InChI is InChI=1S/C15H13BrClFO/c1-19-11-7-5-10(6-8-11)9-13(17)12-3-2-4-14(18)15(12)16/h2-8,13H,9H2,1H3. The second kappa shape index (κ2) is 6.40. The van der Waals surface area contributed by atoms with Crippen LogP contribution in [0.15, 0.2) is 46.9 Å². The van der Waals surface area contributed by atoms with Crippen LogP contribution in [0.3, 0.4) is 0 Å². The van der Waals surface area contributed by atoms with Crippen LogP contribution in [0.2, 0.25) is 0 Å². The Hall–Kier alpha value is -1.06. The highest BCUT2D eigenvalue weighted by atomic mass is 79.9. The molecule has 0 aromatic heterocycles. The quantitative estimate of drug-likeness (QED) is 0.700. The first-order chi connectivity index (χ1) is 9.11. The van der Waals surface area contributed by atoms with Crippen LogP contribution in [-0.2, 0) is 6.42 Å². The Labute approximate surface area is 125 Å². The Morgan fingerprint density at radius 2 is 1.89 bits per heavy atom. The zero-order valence-electron chi connectivity index (χ0n) is 10.4. The van der Waals surface area contributed by atoms with E-state index in [2.05, 4.69) is 15.9 Å². The normalized spacial score (nSPS) is 12.2. The molecule has 0 bridgehead atoms. The smallest absolute Gasteiger partial charge is 0.137 e. The largest absolute Gasteiger partial charge is 0.497 e. The van der Waals surface area contributed by atoms with Crippen LogP contribution in [-0.4, -0.2) is 7.11 Å². The number of hydrogen-bond acceptors (Lipinski definition) is 1. The third-order valence-electron chi connectivity index (χ3n) is 2.89. The van der Waals surface area contributed by atoms with Gasteiger partial charge in [0.2, 0.25) is 0 Å². The Bertz CT molecular complexity index is 557. The van der Waals surface area contributed by atoms with E-state index in [4.69, 9.17) is 16.3 Å². The van der Waals surface area contributed by atoms with E-state index in [1.807, 2.05) is 30.3 Å². The van der Waals surface area contributed by atoms with Gasteiger partial charge in [-0.2, -0.15) is 0 Å². The predicted octanol–water partition coefficient (Wildman–Crippen LogP) is 5.12. The Morgan fingerprint density at radius 3 is 2.53 bits per heavy atom. The molecule has 19 heavy (non-hydrogen) atoms. The third-order valence-corrected chi connectivity index (χ3v) is 4.12. The van der Waals surface area contributed by atoms with Crippen LogP contribution in [0.25, 0.3) is 0 Å². The zero-order chi connectivity index (χ0) is 13.8. The summed E-state index contributed by atoms with van der Waals surface area (Å²) in [5, 5.41) is -0.279. The molecule has 1 nitrogen and oxygen atoms in total. The molecule has 0 aliphatic heterocycles. The fraction of sp³-hybridized carbons (Fsp3) is 0.200. The first kappa shape index (κ1) is 14.4. The maximum absolute atomic E-state index is 13.5. The van der Waals surface area contributed by atoms with Crippen molar-refractivity contribution in [3.05, 3.63) is 63.9 Å². The van der Waals surface area contributed by atoms with Gasteiger partial charge in [0, 0.05) is 0 Å². The first-order valence-corrected chi connectivity index (χ1v) is 7.05. The number of alkyl halides is 1. The SMILES string of the molecule is COc1ccc(CC(Cl)c2cccc(F)c2Br)cc1. The van der Waals surface area contributed by atoms with Gasteiger partial charge in [-0.15, -0.1) is 11.6 Å². The van der Waals surface area contributed by atoms with Gasteiger partial charge in [0.05, 0.1) is 17.0 Å². The minimum absolute atomic E-state index is 0.279. The maximum Gasteiger partial charge on any atom is 0.137 e. The summed E-state index contributed by atoms with van der Waals surface area (Å²) in [5.74, 6) is 0.514. The summed E-state index contributed by atoms with van der Waals surface area (Å²) >= 11 is 9.60. The summed E-state index contributed by atoms with van der Waals surface area (Å²) in [6.07, 6.45) is 0.633. The maximum atomic E-state index is 13.5. The van der Waals surface area contributed by atoms with E-state index in [0.717, 1.165) is 16.9 Å². The highest BCUT2D eigenvalue weighted by Crippen LogP contribution is 2.32. The molecule has 0 aliphatic carbocycles. The zero-order valence-corrected chi connectivity index (χ0v) is 12.7. The van der Waals surface area contributed by atoms with E-state index < -0.39 is 0 Å². The van der Waals surface area contributed by atoms with Crippen molar-refractivity contribution in [2.45, 2.75) is 11.8 Å². The highest BCUT2D eigenvalue weighted by Gasteiger charge is 2.14. The molecule has 0 amide bonds. The summed E-state index contributed by atoms with van der Waals surface area (Å²) in [7, 11) is 1.63. The van der Waals surface area contributed by atoms with Crippen LogP contribution >= 0.6 is 27.5 Å². The number of hydrogen-bond donors (Lipinski definition) is 0. The fourth-order valence-electron chi connectivity index (χ4n) is 1.84. The minimum Gasteiger partial charge on any atom is -0.497 e. The van der Waals surface area contributed by atoms with Crippen LogP contribution in [0.4, 0.5) is 4.39 Å². The van der Waals surface area contributed by atoms with Crippen LogP contribution < -0.4 is 4.74 Å². The summed E-state index contributed by atoms with van der Waals surface area (Å²) in [4.78, 5) is 0. The van der Waals surface area contributed by atoms with Gasteiger partial charge in [-0.3, -0.25) is 0 Å². The van der Waals surface area contributed by atoms with Gasteiger partial charge >= 0.3 is 0 Å². The van der Waals surface area contributed by atoms with Crippen LogP contribution in [0.1, 0.15) is 16.5 Å². The molecule has 0 saturated carbocycles. The predicted molar refractivity (Wildman–Crippen MR) is 79.4 cm³/mol. The molecule has 0 saturated heterocycles. The molecule has 0 fully saturated rings. The van der Waals surface area contributed by atoms with Crippen LogP contribution in [0.5, 0.6) is 5.75 Å². The summed E-state index contributed by atoms with van der Waals surface area (Å²) in [6, 6.07) is 12.6. The van der Waals surface area contributed by atoms with Gasteiger partial charge in [-0.25, -0.2) is 4.39 Å². The van der Waals surface area contributed by atoms with Crippen molar-refractivity contribution in [3.8, 4) is 5.75 Å². The molecule has 0 radical (unpaired) electrons. The van der Waals surface area contributed by atoms with Gasteiger partial charge in [-0.1, -0.05) is 24.3 Å². The van der Waals surface area contributed by atoms with Crippen molar-refractivity contribution < 1.29 is 9.13 Å².